The summed E-state index contributed by atoms with van der Waals surface area (Å²) in [6.07, 6.45) is 0. The van der Waals surface area contributed by atoms with Gasteiger partial charge < -0.3 is 14.6 Å². The van der Waals surface area contributed by atoms with Crippen molar-refractivity contribution < 1.29 is 19.0 Å². The molecule has 1 aliphatic rings. The van der Waals surface area contributed by atoms with E-state index in [1.54, 1.807) is 19.2 Å². The fraction of sp³-hybridized carbons (Fsp3) is 0.222. The van der Waals surface area contributed by atoms with Crippen molar-refractivity contribution in [1.29, 1.82) is 0 Å². The SMILES string of the molecule is COc1ccc(CN2CCOc3c(O)cc(-c4cc(C)c5ccc(F)cc5n4)cc3C2)cc1. The second kappa shape index (κ2) is 8.71. The van der Waals surface area contributed by atoms with Gasteiger partial charge in [0.2, 0.25) is 0 Å². The largest absolute Gasteiger partial charge is 0.504 e. The summed E-state index contributed by atoms with van der Waals surface area (Å²) in [7, 11) is 1.66. The van der Waals surface area contributed by atoms with Crippen LogP contribution in [0.25, 0.3) is 22.2 Å². The number of aromatic nitrogens is 1. The van der Waals surface area contributed by atoms with Gasteiger partial charge in [-0.2, -0.15) is 0 Å². The van der Waals surface area contributed by atoms with Crippen LogP contribution in [0.5, 0.6) is 17.2 Å². The number of aromatic hydroxyl groups is 1. The molecule has 2 heterocycles. The van der Waals surface area contributed by atoms with Gasteiger partial charge in [0, 0.05) is 42.2 Å². The van der Waals surface area contributed by atoms with Crippen molar-refractivity contribution in [3.8, 4) is 28.5 Å². The molecule has 6 heteroatoms. The van der Waals surface area contributed by atoms with Crippen LogP contribution in [0, 0.1) is 12.7 Å². The van der Waals surface area contributed by atoms with Crippen molar-refractivity contribution in [2.24, 2.45) is 0 Å². The van der Waals surface area contributed by atoms with E-state index in [1.807, 2.05) is 31.2 Å². The molecule has 5 nitrogen and oxygen atoms in total. The molecule has 1 aromatic heterocycles. The topological polar surface area (TPSA) is 54.8 Å². The highest BCUT2D eigenvalue weighted by molar-refractivity contribution is 5.85. The molecule has 1 N–H and O–H groups in total. The number of phenols is 1. The van der Waals surface area contributed by atoms with Gasteiger partial charge in [-0.1, -0.05) is 12.1 Å². The van der Waals surface area contributed by atoms with E-state index >= 15 is 0 Å². The average Bonchev–Trinajstić information content (AvgIpc) is 3.01. The standard InChI is InChI=1S/C27H25FN2O3/c1-17-11-24(29-25-14-21(28)5-8-23(17)25)19-12-20-16-30(9-10-33-27(20)26(31)13-19)15-18-3-6-22(32-2)7-4-18/h3-8,11-14,31H,9-10,15-16H2,1-2H3. The normalized spacial score (nSPS) is 13.9. The molecule has 0 saturated carbocycles. The lowest BCUT2D eigenvalue weighted by molar-refractivity contribution is 0.217. The van der Waals surface area contributed by atoms with E-state index in [1.165, 1.54) is 17.7 Å². The van der Waals surface area contributed by atoms with Crippen molar-refractivity contribution in [1.82, 2.24) is 9.88 Å². The van der Waals surface area contributed by atoms with E-state index in [2.05, 4.69) is 22.0 Å². The van der Waals surface area contributed by atoms with Gasteiger partial charge in [0.25, 0.3) is 0 Å². The highest BCUT2D eigenvalue weighted by Crippen LogP contribution is 2.38. The van der Waals surface area contributed by atoms with Crippen molar-refractivity contribution in [3.05, 3.63) is 83.2 Å². The Kier molecular flexibility index (Phi) is 5.60. The number of ether oxygens (including phenoxy) is 2. The van der Waals surface area contributed by atoms with Crippen LogP contribution in [0.3, 0.4) is 0 Å². The molecule has 0 saturated heterocycles. The first-order valence-corrected chi connectivity index (χ1v) is 10.9. The van der Waals surface area contributed by atoms with Gasteiger partial charge in [-0.3, -0.25) is 4.90 Å². The summed E-state index contributed by atoms with van der Waals surface area (Å²) in [5.41, 5.74) is 5.13. The molecule has 4 aromatic rings. The Bertz CT molecular complexity index is 1320. The first kappa shape index (κ1) is 21.2. The molecule has 0 aliphatic carbocycles. The predicted molar refractivity (Wildman–Crippen MR) is 126 cm³/mol. The van der Waals surface area contributed by atoms with Gasteiger partial charge in [-0.15, -0.1) is 0 Å². The molecule has 3 aromatic carbocycles. The second-order valence-electron chi connectivity index (χ2n) is 8.38. The van der Waals surface area contributed by atoms with Crippen molar-refractivity contribution in [3.63, 3.8) is 0 Å². The molecule has 1 aliphatic heterocycles. The lowest BCUT2D eigenvalue weighted by Crippen LogP contribution is -2.25. The summed E-state index contributed by atoms with van der Waals surface area (Å²) in [4.78, 5) is 6.95. The number of phenolic OH excluding ortho intramolecular Hbond substituents is 1. The van der Waals surface area contributed by atoms with Crippen molar-refractivity contribution in [2.45, 2.75) is 20.0 Å². The van der Waals surface area contributed by atoms with Gasteiger partial charge in [0.15, 0.2) is 11.5 Å². The number of pyridine rings is 1. The summed E-state index contributed by atoms with van der Waals surface area (Å²) in [6, 6.07) is 18.3. The number of halogens is 1. The Balaban J connectivity index is 1.48. The van der Waals surface area contributed by atoms with Gasteiger partial charge >= 0.3 is 0 Å². The number of rotatable bonds is 4. The quantitative estimate of drug-likeness (QED) is 0.453. The van der Waals surface area contributed by atoms with E-state index in [9.17, 15) is 9.50 Å². The molecule has 5 rings (SSSR count). The van der Waals surface area contributed by atoms with Crippen molar-refractivity contribution in [2.75, 3.05) is 20.3 Å². The van der Waals surface area contributed by atoms with Gasteiger partial charge in [-0.25, -0.2) is 9.37 Å². The maximum Gasteiger partial charge on any atom is 0.165 e. The monoisotopic (exact) mass is 444 g/mol. The van der Waals surface area contributed by atoms with E-state index in [4.69, 9.17) is 9.47 Å². The second-order valence-corrected chi connectivity index (χ2v) is 8.38. The Morgan fingerprint density at radius 2 is 1.91 bits per heavy atom. The zero-order valence-electron chi connectivity index (χ0n) is 18.6. The van der Waals surface area contributed by atoms with E-state index in [0.29, 0.717) is 30.1 Å². The molecule has 0 bridgehead atoms. The molecule has 0 atom stereocenters. The lowest BCUT2D eigenvalue weighted by atomic mass is 10.0. The van der Waals surface area contributed by atoms with Gasteiger partial charge in [0.05, 0.1) is 18.3 Å². The minimum atomic E-state index is -0.320. The molecule has 0 amide bonds. The molecule has 0 unspecified atom stereocenters. The fourth-order valence-electron chi connectivity index (χ4n) is 4.35. The third kappa shape index (κ3) is 4.34. The molecular formula is C27H25FN2O3. The van der Waals surface area contributed by atoms with Crippen LogP contribution in [0.15, 0.2) is 60.7 Å². The summed E-state index contributed by atoms with van der Waals surface area (Å²) in [5, 5.41) is 11.6. The molecule has 33 heavy (non-hydrogen) atoms. The zero-order valence-corrected chi connectivity index (χ0v) is 18.6. The number of aryl methyl sites for hydroxylation is 1. The lowest BCUT2D eigenvalue weighted by Gasteiger charge is -2.20. The van der Waals surface area contributed by atoms with Crippen LogP contribution in [0.1, 0.15) is 16.7 Å². The Morgan fingerprint density at radius 1 is 1.09 bits per heavy atom. The molecule has 0 radical (unpaired) electrons. The van der Waals surface area contributed by atoms with E-state index < -0.39 is 0 Å². The van der Waals surface area contributed by atoms with E-state index in [-0.39, 0.29) is 11.6 Å². The minimum Gasteiger partial charge on any atom is -0.504 e. The fourth-order valence-corrected chi connectivity index (χ4v) is 4.35. The maximum absolute atomic E-state index is 13.8. The number of hydrogen-bond donors (Lipinski definition) is 1. The number of hydrogen-bond acceptors (Lipinski definition) is 5. The number of fused-ring (bicyclic) bond motifs is 2. The van der Waals surface area contributed by atoms with Gasteiger partial charge in [0.1, 0.15) is 18.2 Å². The van der Waals surface area contributed by atoms with Crippen LogP contribution in [0.2, 0.25) is 0 Å². The van der Waals surface area contributed by atoms with Crippen molar-refractivity contribution >= 4 is 10.9 Å². The first-order valence-electron chi connectivity index (χ1n) is 10.9. The first-order chi connectivity index (χ1) is 16.0. The Labute approximate surface area is 192 Å². The number of nitrogens with zero attached hydrogens (tertiary/aromatic N) is 2. The van der Waals surface area contributed by atoms with E-state index in [0.717, 1.165) is 40.9 Å². The summed E-state index contributed by atoms with van der Waals surface area (Å²) in [5.74, 6) is 1.11. The number of methoxy groups -OCH3 is 1. The smallest absolute Gasteiger partial charge is 0.165 e. The molecular weight excluding hydrogens is 419 g/mol. The van der Waals surface area contributed by atoms with Crippen LogP contribution < -0.4 is 9.47 Å². The third-order valence-electron chi connectivity index (χ3n) is 6.03. The minimum absolute atomic E-state index is 0.0904. The molecule has 168 valence electrons. The van der Waals surface area contributed by atoms with Crippen LogP contribution in [0.4, 0.5) is 4.39 Å². The summed E-state index contributed by atoms with van der Waals surface area (Å²) < 4.78 is 24.9. The Morgan fingerprint density at radius 3 is 2.70 bits per heavy atom. The maximum atomic E-state index is 13.8. The summed E-state index contributed by atoms with van der Waals surface area (Å²) >= 11 is 0. The molecule has 0 spiro atoms. The highest BCUT2D eigenvalue weighted by Gasteiger charge is 2.21. The Hall–Kier alpha value is -3.64. The van der Waals surface area contributed by atoms with Gasteiger partial charge in [-0.05, 0) is 60.5 Å². The van der Waals surface area contributed by atoms with Crippen LogP contribution in [-0.4, -0.2) is 35.3 Å². The number of benzene rings is 3. The molecule has 0 fully saturated rings. The predicted octanol–water partition coefficient (Wildman–Crippen LogP) is 5.46. The zero-order chi connectivity index (χ0) is 22.9. The average molecular weight is 445 g/mol. The third-order valence-corrected chi connectivity index (χ3v) is 6.03. The summed E-state index contributed by atoms with van der Waals surface area (Å²) in [6.45, 7) is 4.59. The van der Waals surface area contributed by atoms with Crippen LogP contribution >= 0.6 is 0 Å². The van der Waals surface area contributed by atoms with Crippen LogP contribution in [-0.2, 0) is 13.1 Å². The highest BCUT2D eigenvalue weighted by atomic mass is 19.1.